The first-order valence-corrected chi connectivity index (χ1v) is 7.11. The van der Waals surface area contributed by atoms with E-state index in [0.29, 0.717) is 12.1 Å². The van der Waals surface area contributed by atoms with Crippen molar-refractivity contribution in [3.05, 3.63) is 0 Å². The fraction of sp³-hybridized carbons (Fsp3) is 1.00. The lowest BCUT2D eigenvalue weighted by molar-refractivity contribution is 0.111. The van der Waals surface area contributed by atoms with Crippen LogP contribution < -0.4 is 5.32 Å². The second-order valence-corrected chi connectivity index (χ2v) is 5.45. The standard InChI is InChI=1S/C14H29NO/c1-4-6-11(3)14(5-2)15-12-7-9-13(16)10-8-12/h11-16H,4-10H2,1-3H3. The van der Waals surface area contributed by atoms with E-state index in [9.17, 15) is 5.11 Å². The Morgan fingerprint density at radius 2 is 1.81 bits per heavy atom. The highest BCUT2D eigenvalue weighted by Gasteiger charge is 2.23. The van der Waals surface area contributed by atoms with Crippen molar-refractivity contribution < 1.29 is 5.11 Å². The molecule has 0 aromatic rings. The van der Waals surface area contributed by atoms with Gasteiger partial charge in [0.05, 0.1) is 6.10 Å². The first-order chi connectivity index (χ1) is 7.67. The summed E-state index contributed by atoms with van der Waals surface area (Å²) >= 11 is 0. The number of hydrogen-bond donors (Lipinski definition) is 2. The topological polar surface area (TPSA) is 32.3 Å². The summed E-state index contributed by atoms with van der Waals surface area (Å²) in [6.45, 7) is 6.91. The van der Waals surface area contributed by atoms with Gasteiger partial charge < -0.3 is 10.4 Å². The zero-order chi connectivity index (χ0) is 12.0. The van der Waals surface area contributed by atoms with E-state index in [1.165, 1.54) is 19.3 Å². The molecule has 1 aliphatic rings. The van der Waals surface area contributed by atoms with Gasteiger partial charge in [-0.2, -0.15) is 0 Å². The Morgan fingerprint density at radius 3 is 2.31 bits per heavy atom. The van der Waals surface area contributed by atoms with Gasteiger partial charge in [-0.25, -0.2) is 0 Å². The summed E-state index contributed by atoms with van der Waals surface area (Å²) in [5, 5.41) is 13.3. The van der Waals surface area contributed by atoms with Crippen LogP contribution in [0.4, 0.5) is 0 Å². The molecule has 0 amide bonds. The lowest BCUT2D eigenvalue weighted by atomic mass is 9.89. The normalized spacial score (nSPS) is 30.0. The summed E-state index contributed by atoms with van der Waals surface area (Å²) in [6, 6.07) is 1.31. The van der Waals surface area contributed by atoms with Crippen molar-refractivity contribution in [1.82, 2.24) is 5.32 Å². The SMILES string of the molecule is CCCC(C)C(CC)NC1CCC(O)CC1. The Hall–Kier alpha value is -0.0800. The van der Waals surface area contributed by atoms with E-state index >= 15 is 0 Å². The minimum atomic E-state index is -0.0359. The highest BCUT2D eigenvalue weighted by Crippen LogP contribution is 2.21. The van der Waals surface area contributed by atoms with Crippen molar-refractivity contribution in [2.45, 2.75) is 83.9 Å². The molecule has 1 saturated carbocycles. The van der Waals surface area contributed by atoms with Gasteiger partial charge in [-0.05, 0) is 44.4 Å². The number of hydrogen-bond acceptors (Lipinski definition) is 2. The number of aliphatic hydroxyl groups is 1. The molecule has 0 radical (unpaired) electrons. The molecule has 0 heterocycles. The van der Waals surface area contributed by atoms with Crippen LogP contribution in [0.15, 0.2) is 0 Å². The average Bonchev–Trinajstić information content (AvgIpc) is 2.28. The van der Waals surface area contributed by atoms with Crippen molar-refractivity contribution in [2.24, 2.45) is 5.92 Å². The summed E-state index contributed by atoms with van der Waals surface area (Å²) < 4.78 is 0. The van der Waals surface area contributed by atoms with Gasteiger partial charge in [-0.15, -0.1) is 0 Å². The second kappa shape index (κ2) is 7.29. The molecule has 0 saturated heterocycles. The average molecular weight is 227 g/mol. The van der Waals surface area contributed by atoms with Gasteiger partial charge in [0.1, 0.15) is 0 Å². The van der Waals surface area contributed by atoms with Crippen LogP contribution in [0.1, 0.15) is 65.7 Å². The molecule has 2 nitrogen and oxygen atoms in total. The monoisotopic (exact) mass is 227 g/mol. The molecule has 1 aliphatic carbocycles. The van der Waals surface area contributed by atoms with Gasteiger partial charge in [0.25, 0.3) is 0 Å². The maximum absolute atomic E-state index is 9.48. The quantitative estimate of drug-likeness (QED) is 0.731. The molecule has 96 valence electrons. The summed E-state index contributed by atoms with van der Waals surface area (Å²) in [7, 11) is 0. The number of nitrogens with one attached hydrogen (secondary N) is 1. The molecule has 0 aromatic carbocycles. The van der Waals surface area contributed by atoms with Crippen molar-refractivity contribution in [2.75, 3.05) is 0 Å². The zero-order valence-corrected chi connectivity index (χ0v) is 11.2. The van der Waals surface area contributed by atoms with Crippen LogP contribution in [0.25, 0.3) is 0 Å². The van der Waals surface area contributed by atoms with Crippen LogP contribution >= 0.6 is 0 Å². The maximum atomic E-state index is 9.48. The number of rotatable bonds is 6. The molecule has 2 atom stereocenters. The van der Waals surface area contributed by atoms with Crippen LogP contribution in [-0.2, 0) is 0 Å². The van der Waals surface area contributed by atoms with Crippen molar-refractivity contribution in [3.63, 3.8) is 0 Å². The highest BCUT2D eigenvalue weighted by atomic mass is 16.3. The van der Waals surface area contributed by atoms with Gasteiger partial charge in [-0.3, -0.25) is 0 Å². The maximum Gasteiger partial charge on any atom is 0.0541 e. The number of aliphatic hydroxyl groups excluding tert-OH is 1. The summed E-state index contributed by atoms with van der Waals surface area (Å²) in [5.41, 5.74) is 0. The summed E-state index contributed by atoms with van der Waals surface area (Å²) in [4.78, 5) is 0. The molecule has 2 N–H and O–H groups in total. The van der Waals surface area contributed by atoms with Gasteiger partial charge in [-0.1, -0.05) is 27.2 Å². The Morgan fingerprint density at radius 1 is 1.19 bits per heavy atom. The largest absolute Gasteiger partial charge is 0.393 e. The molecular formula is C14H29NO. The molecule has 0 aliphatic heterocycles. The van der Waals surface area contributed by atoms with Crippen LogP contribution in [0, 0.1) is 5.92 Å². The fourth-order valence-electron chi connectivity index (χ4n) is 2.89. The van der Waals surface area contributed by atoms with Gasteiger partial charge in [0, 0.05) is 12.1 Å². The van der Waals surface area contributed by atoms with E-state index in [4.69, 9.17) is 0 Å². The molecule has 16 heavy (non-hydrogen) atoms. The van der Waals surface area contributed by atoms with Gasteiger partial charge in [0.15, 0.2) is 0 Å². The third-order valence-electron chi connectivity index (χ3n) is 4.02. The third-order valence-corrected chi connectivity index (χ3v) is 4.02. The van der Waals surface area contributed by atoms with E-state index in [1.54, 1.807) is 0 Å². The predicted molar refractivity (Wildman–Crippen MR) is 69.5 cm³/mol. The highest BCUT2D eigenvalue weighted by molar-refractivity contribution is 4.81. The lowest BCUT2D eigenvalue weighted by Crippen LogP contribution is -2.44. The lowest BCUT2D eigenvalue weighted by Gasteiger charge is -2.32. The van der Waals surface area contributed by atoms with E-state index < -0.39 is 0 Å². The van der Waals surface area contributed by atoms with Crippen LogP contribution in [-0.4, -0.2) is 23.3 Å². The molecular weight excluding hydrogens is 198 g/mol. The van der Waals surface area contributed by atoms with E-state index in [2.05, 4.69) is 26.1 Å². The van der Waals surface area contributed by atoms with Crippen LogP contribution in [0.2, 0.25) is 0 Å². The Bertz CT molecular complexity index is 176. The third kappa shape index (κ3) is 4.42. The van der Waals surface area contributed by atoms with E-state index in [1.807, 2.05) is 0 Å². The molecule has 1 rings (SSSR count). The van der Waals surface area contributed by atoms with Gasteiger partial charge >= 0.3 is 0 Å². The Balaban J connectivity index is 2.32. The van der Waals surface area contributed by atoms with Gasteiger partial charge in [0.2, 0.25) is 0 Å². The molecule has 0 bridgehead atoms. The summed E-state index contributed by atoms with van der Waals surface area (Å²) in [6.07, 6.45) is 8.05. The minimum Gasteiger partial charge on any atom is -0.393 e. The fourth-order valence-corrected chi connectivity index (χ4v) is 2.89. The van der Waals surface area contributed by atoms with Crippen molar-refractivity contribution in [1.29, 1.82) is 0 Å². The molecule has 0 aromatic heterocycles. The first kappa shape index (κ1) is 14.0. The van der Waals surface area contributed by atoms with Crippen molar-refractivity contribution >= 4 is 0 Å². The molecule has 2 heteroatoms. The predicted octanol–water partition coefficient (Wildman–Crippen LogP) is 3.09. The minimum absolute atomic E-state index is 0.0359. The molecule has 2 unspecified atom stereocenters. The second-order valence-electron chi connectivity index (χ2n) is 5.45. The zero-order valence-electron chi connectivity index (χ0n) is 11.2. The summed E-state index contributed by atoms with van der Waals surface area (Å²) in [5.74, 6) is 0.779. The van der Waals surface area contributed by atoms with Crippen molar-refractivity contribution in [3.8, 4) is 0 Å². The van der Waals surface area contributed by atoms with Crippen LogP contribution in [0.3, 0.4) is 0 Å². The molecule has 1 fully saturated rings. The van der Waals surface area contributed by atoms with E-state index in [0.717, 1.165) is 31.6 Å². The first-order valence-electron chi connectivity index (χ1n) is 7.11. The molecule has 0 spiro atoms. The smallest absolute Gasteiger partial charge is 0.0541 e. The Kier molecular flexibility index (Phi) is 6.37. The van der Waals surface area contributed by atoms with E-state index in [-0.39, 0.29) is 6.10 Å². The van der Waals surface area contributed by atoms with Crippen LogP contribution in [0.5, 0.6) is 0 Å². The Labute approximate surface area is 101 Å².